The van der Waals surface area contributed by atoms with Gasteiger partial charge < -0.3 is 9.80 Å². The number of amides is 1. The van der Waals surface area contributed by atoms with Gasteiger partial charge in [-0.3, -0.25) is 19.4 Å². The summed E-state index contributed by atoms with van der Waals surface area (Å²) in [5, 5.41) is 0. The summed E-state index contributed by atoms with van der Waals surface area (Å²) in [5.74, 6) is -3.51. The van der Waals surface area contributed by atoms with Gasteiger partial charge in [0.15, 0.2) is 5.78 Å². The maximum Gasteiger partial charge on any atom is 0.291 e. The number of nitrogens with zero attached hydrogens (tertiary/aromatic N) is 3. The number of carbonyl (C=O) groups excluding carboxylic acids is 3. The highest BCUT2D eigenvalue weighted by atomic mass is 19.1. The van der Waals surface area contributed by atoms with Crippen LogP contribution in [0.5, 0.6) is 0 Å². The second kappa shape index (κ2) is 8.39. The lowest BCUT2D eigenvalue weighted by Gasteiger charge is -2.27. The van der Waals surface area contributed by atoms with Gasteiger partial charge in [-0.05, 0) is 63.0 Å². The summed E-state index contributed by atoms with van der Waals surface area (Å²) in [6.07, 6.45) is 3.83. The maximum absolute atomic E-state index is 13.2. The Kier molecular flexibility index (Phi) is 5.94. The minimum atomic E-state index is -1.17. The van der Waals surface area contributed by atoms with Gasteiger partial charge in [0.25, 0.3) is 5.91 Å². The van der Waals surface area contributed by atoms with Crippen LogP contribution in [0.3, 0.4) is 0 Å². The largest absolute Gasteiger partial charge is 0.328 e. The van der Waals surface area contributed by atoms with Gasteiger partial charge in [-0.2, -0.15) is 0 Å². The highest BCUT2D eigenvalue weighted by Gasteiger charge is 2.51. The first-order valence-corrected chi connectivity index (χ1v) is 9.09. The van der Waals surface area contributed by atoms with E-state index in [1.54, 1.807) is 24.5 Å². The molecule has 2 unspecified atom stereocenters. The molecule has 1 aromatic heterocycles. The molecule has 0 radical (unpaired) electrons. The van der Waals surface area contributed by atoms with Gasteiger partial charge in [-0.25, -0.2) is 4.39 Å². The van der Waals surface area contributed by atoms with Crippen LogP contribution in [-0.2, 0) is 9.59 Å². The van der Waals surface area contributed by atoms with E-state index in [9.17, 15) is 18.8 Å². The average Bonchev–Trinajstić information content (AvgIpc) is 2.93. The minimum Gasteiger partial charge on any atom is -0.328 e. The van der Waals surface area contributed by atoms with E-state index in [2.05, 4.69) is 4.98 Å². The zero-order chi connectivity index (χ0) is 20.3. The van der Waals surface area contributed by atoms with Crippen molar-refractivity contribution in [3.05, 3.63) is 65.7 Å². The fourth-order valence-electron chi connectivity index (χ4n) is 3.50. The predicted molar refractivity (Wildman–Crippen MR) is 101 cm³/mol. The SMILES string of the molecule is CN(C)CCCN1C(=O)C(=O)C(C(=O)c2ccc(F)cc2)C1c1cccnc1. The maximum atomic E-state index is 13.2. The first-order valence-electron chi connectivity index (χ1n) is 9.09. The van der Waals surface area contributed by atoms with Crippen LogP contribution in [0.15, 0.2) is 48.8 Å². The average molecular weight is 383 g/mol. The lowest BCUT2D eigenvalue weighted by molar-refractivity contribution is -0.140. The number of carbonyl (C=O) groups is 3. The monoisotopic (exact) mass is 383 g/mol. The third kappa shape index (κ3) is 3.99. The first kappa shape index (κ1) is 19.8. The number of aromatic nitrogens is 1. The van der Waals surface area contributed by atoms with E-state index in [-0.39, 0.29) is 5.56 Å². The molecule has 1 amide bonds. The Hall–Kier alpha value is -2.93. The van der Waals surface area contributed by atoms with Gasteiger partial charge in [0.05, 0.1) is 6.04 Å². The third-order valence-electron chi connectivity index (χ3n) is 4.85. The number of ketones is 2. The van der Waals surface area contributed by atoms with Gasteiger partial charge in [-0.15, -0.1) is 0 Å². The lowest BCUT2D eigenvalue weighted by Crippen LogP contribution is -2.33. The number of Topliss-reactive ketones (excluding diaryl/α,β-unsaturated/α-hetero) is 2. The molecule has 2 atom stereocenters. The van der Waals surface area contributed by atoms with Crippen molar-refractivity contribution in [1.82, 2.24) is 14.8 Å². The van der Waals surface area contributed by atoms with Gasteiger partial charge in [0.2, 0.25) is 5.78 Å². The first-order chi connectivity index (χ1) is 13.4. The van der Waals surface area contributed by atoms with E-state index in [1.165, 1.54) is 29.2 Å². The quantitative estimate of drug-likeness (QED) is 0.416. The molecule has 2 aromatic rings. The Labute approximate surface area is 163 Å². The van der Waals surface area contributed by atoms with Crippen molar-refractivity contribution >= 4 is 17.5 Å². The van der Waals surface area contributed by atoms with Crippen molar-refractivity contribution in [3.63, 3.8) is 0 Å². The molecular formula is C21H22FN3O3. The summed E-state index contributed by atoms with van der Waals surface area (Å²) in [5.41, 5.74) is 0.837. The molecular weight excluding hydrogens is 361 g/mol. The second-order valence-corrected chi connectivity index (χ2v) is 7.10. The summed E-state index contributed by atoms with van der Waals surface area (Å²) in [7, 11) is 3.85. The Bertz CT molecular complexity index is 868. The van der Waals surface area contributed by atoms with E-state index in [4.69, 9.17) is 0 Å². The van der Waals surface area contributed by atoms with Crippen LogP contribution in [0, 0.1) is 11.7 Å². The zero-order valence-corrected chi connectivity index (χ0v) is 15.8. The summed E-state index contributed by atoms with van der Waals surface area (Å²) >= 11 is 0. The molecule has 6 nitrogen and oxygen atoms in total. The highest BCUT2D eigenvalue weighted by Crippen LogP contribution is 2.37. The number of benzene rings is 1. The number of pyridine rings is 1. The Morgan fingerprint density at radius 3 is 2.50 bits per heavy atom. The molecule has 1 saturated heterocycles. The smallest absolute Gasteiger partial charge is 0.291 e. The van der Waals surface area contributed by atoms with Crippen molar-refractivity contribution in [2.75, 3.05) is 27.2 Å². The Morgan fingerprint density at radius 1 is 1.18 bits per heavy atom. The van der Waals surface area contributed by atoms with Crippen molar-refractivity contribution in [2.24, 2.45) is 5.92 Å². The highest BCUT2D eigenvalue weighted by molar-refractivity contribution is 6.44. The standard InChI is InChI=1S/C21H22FN3O3/c1-24(2)11-4-12-25-18(15-5-3-10-23-13-15)17(20(27)21(25)28)19(26)14-6-8-16(22)9-7-14/h3,5-10,13,17-18H,4,11-12H2,1-2H3. The fourth-order valence-corrected chi connectivity index (χ4v) is 3.50. The molecule has 3 rings (SSSR count). The molecule has 7 heteroatoms. The molecule has 1 fully saturated rings. The summed E-state index contributed by atoms with van der Waals surface area (Å²) in [4.78, 5) is 46.1. The lowest BCUT2D eigenvalue weighted by atomic mass is 9.87. The van der Waals surface area contributed by atoms with Crippen molar-refractivity contribution in [1.29, 1.82) is 0 Å². The van der Waals surface area contributed by atoms with E-state index in [0.29, 0.717) is 18.5 Å². The van der Waals surface area contributed by atoms with Crippen LogP contribution < -0.4 is 0 Å². The molecule has 0 spiro atoms. The van der Waals surface area contributed by atoms with E-state index in [0.717, 1.165) is 6.54 Å². The molecule has 0 aliphatic carbocycles. The number of hydrogen-bond acceptors (Lipinski definition) is 5. The third-order valence-corrected chi connectivity index (χ3v) is 4.85. The van der Waals surface area contributed by atoms with E-state index >= 15 is 0 Å². The molecule has 1 aliphatic heterocycles. The number of hydrogen-bond donors (Lipinski definition) is 0. The number of likely N-dealkylation sites (tertiary alicyclic amines) is 1. The Balaban J connectivity index is 1.96. The van der Waals surface area contributed by atoms with Crippen LogP contribution in [0.2, 0.25) is 0 Å². The van der Waals surface area contributed by atoms with Crippen molar-refractivity contribution in [2.45, 2.75) is 12.5 Å². The fraction of sp³-hybridized carbons (Fsp3) is 0.333. The number of rotatable bonds is 7. The molecule has 0 bridgehead atoms. The van der Waals surface area contributed by atoms with Gasteiger partial charge >= 0.3 is 0 Å². The second-order valence-electron chi connectivity index (χ2n) is 7.10. The molecule has 146 valence electrons. The summed E-state index contributed by atoms with van der Waals surface area (Å²) < 4.78 is 13.2. The molecule has 0 N–H and O–H groups in total. The topological polar surface area (TPSA) is 70.6 Å². The molecule has 0 saturated carbocycles. The van der Waals surface area contributed by atoms with Crippen LogP contribution in [0.25, 0.3) is 0 Å². The van der Waals surface area contributed by atoms with Crippen LogP contribution in [-0.4, -0.2) is 59.4 Å². The predicted octanol–water partition coefficient (Wildman–Crippen LogP) is 2.12. The van der Waals surface area contributed by atoms with Gasteiger partial charge in [0, 0.05) is 24.5 Å². The summed E-state index contributed by atoms with van der Waals surface area (Å²) in [6.45, 7) is 1.10. The van der Waals surface area contributed by atoms with Crippen LogP contribution >= 0.6 is 0 Å². The molecule has 1 aromatic carbocycles. The van der Waals surface area contributed by atoms with Crippen LogP contribution in [0.4, 0.5) is 4.39 Å². The number of halogens is 1. The minimum absolute atomic E-state index is 0.205. The van der Waals surface area contributed by atoms with Crippen molar-refractivity contribution in [3.8, 4) is 0 Å². The molecule has 28 heavy (non-hydrogen) atoms. The molecule has 1 aliphatic rings. The zero-order valence-electron chi connectivity index (χ0n) is 15.8. The normalized spacial score (nSPS) is 19.5. The van der Waals surface area contributed by atoms with Gasteiger partial charge in [0.1, 0.15) is 11.7 Å². The van der Waals surface area contributed by atoms with Crippen LogP contribution in [0.1, 0.15) is 28.4 Å². The van der Waals surface area contributed by atoms with E-state index in [1.807, 2.05) is 19.0 Å². The summed E-state index contributed by atoms with van der Waals surface area (Å²) in [6, 6.07) is 7.76. The van der Waals surface area contributed by atoms with E-state index < -0.39 is 35.3 Å². The van der Waals surface area contributed by atoms with Crippen molar-refractivity contribution < 1.29 is 18.8 Å². The molecule has 2 heterocycles. The van der Waals surface area contributed by atoms with Gasteiger partial charge in [-0.1, -0.05) is 6.07 Å². The Morgan fingerprint density at radius 2 is 1.89 bits per heavy atom.